The Kier molecular flexibility index (Phi) is 7.52. The van der Waals surface area contributed by atoms with Crippen molar-refractivity contribution in [1.29, 1.82) is 5.26 Å². The van der Waals surface area contributed by atoms with Gasteiger partial charge in [0.15, 0.2) is 10.1 Å². The van der Waals surface area contributed by atoms with Crippen LogP contribution in [0.3, 0.4) is 0 Å². The number of nitrogens with zero attached hydrogens (tertiary/aromatic N) is 6. The topological polar surface area (TPSA) is 110 Å². The van der Waals surface area contributed by atoms with E-state index in [1.165, 1.54) is 21.5 Å². The number of sulfonamides is 1. The molecule has 1 saturated heterocycles. The van der Waals surface area contributed by atoms with E-state index in [4.69, 9.17) is 12.2 Å². The van der Waals surface area contributed by atoms with Gasteiger partial charge >= 0.3 is 0 Å². The van der Waals surface area contributed by atoms with Gasteiger partial charge in [0, 0.05) is 13.1 Å². The van der Waals surface area contributed by atoms with Crippen molar-refractivity contribution in [2.75, 3.05) is 9.80 Å². The second-order valence-electron chi connectivity index (χ2n) is 10.7. The lowest BCUT2D eigenvalue weighted by molar-refractivity contribution is -0.123. The summed E-state index contributed by atoms with van der Waals surface area (Å²) in [4.78, 5) is 25.9. The number of carbonyl (C=O) groups is 1. The average molecular weight is 609 g/mol. The Morgan fingerprint density at radius 3 is 2.14 bits per heavy atom. The van der Waals surface area contributed by atoms with Crippen LogP contribution in [-0.2, 0) is 27.9 Å². The molecule has 3 heterocycles. The first kappa shape index (κ1) is 28.6. The second kappa shape index (κ2) is 11.3. The lowest BCUT2D eigenvalue weighted by Gasteiger charge is -2.42. The summed E-state index contributed by atoms with van der Waals surface area (Å²) in [5.74, 6) is 0.0822. The Balaban J connectivity index is 1.38. The fourth-order valence-corrected chi connectivity index (χ4v) is 7.39. The summed E-state index contributed by atoms with van der Waals surface area (Å²) >= 11 is 5.86. The normalized spacial score (nSPS) is 16.0. The van der Waals surface area contributed by atoms with Crippen LogP contribution in [0, 0.1) is 18.3 Å². The maximum absolute atomic E-state index is 14.2. The molecule has 11 heteroatoms. The minimum atomic E-state index is -4.07. The standard InChI is InChI=1S/C32H28N6O3S2/c1-23-18-26(20-34-27(23)19-33)37-30(39)32(16-9-17-32)38(31(37)42)28-14-8-15-29(35-28)43(40,41)36(21-24-10-4-2-5-11-24)22-25-12-6-3-7-13-25/h2-8,10-15,18,20H,9,16-17,21-22H2,1H3. The monoisotopic (exact) mass is 608 g/mol. The van der Waals surface area contributed by atoms with Gasteiger partial charge in [-0.05, 0) is 73.3 Å². The molecule has 0 bridgehead atoms. The van der Waals surface area contributed by atoms with Gasteiger partial charge in [-0.1, -0.05) is 66.7 Å². The zero-order valence-electron chi connectivity index (χ0n) is 23.4. The van der Waals surface area contributed by atoms with E-state index >= 15 is 0 Å². The van der Waals surface area contributed by atoms with Crippen LogP contribution in [0.25, 0.3) is 0 Å². The number of hydrogen-bond acceptors (Lipinski definition) is 7. The predicted molar refractivity (Wildman–Crippen MR) is 166 cm³/mol. The summed E-state index contributed by atoms with van der Waals surface area (Å²) in [7, 11) is -4.07. The van der Waals surface area contributed by atoms with Gasteiger partial charge in [-0.3, -0.25) is 14.6 Å². The maximum Gasteiger partial charge on any atom is 0.261 e. The van der Waals surface area contributed by atoms with Crippen LogP contribution in [0.1, 0.15) is 41.6 Å². The smallest absolute Gasteiger partial charge is 0.261 e. The van der Waals surface area contributed by atoms with Crippen molar-refractivity contribution in [2.45, 2.75) is 49.8 Å². The number of thiocarbonyl (C=S) groups is 1. The van der Waals surface area contributed by atoms with Gasteiger partial charge in [-0.2, -0.15) is 9.57 Å². The molecule has 2 aliphatic rings. The number of nitriles is 1. The van der Waals surface area contributed by atoms with E-state index in [2.05, 4.69) is 9.97 Å². The average Bonchev–Trinajstić information content (AvgIpc) is 3.24. The second-order valence-corrected chi connectivity index (χ2v) is 12.9. The molecule has 2 fully saturated rings. The lowest BCUT2D eigenvalue weighted by Crippen LogP contribution is -2.55. The van der Waals surface area contributed by atoms with E-state index in [0.29, 0.717) is 29.9 Å². The molecule has 1 saturated carbocycles. The maximum atomic E-state index is 14.2. The van der Waals surface area contributed by atoms with Crippen LogP contribution >= 0.6 is 12.2 Å². The Morgan fingerprint density at radius 2 is 1.60 bits per heavy atom. The number of anilines is 2. The molecule has 4 aromatic rings. The fraction of sp³-hybridized carbons (Fsp3) is 0.219. The number of aryl methyl sites for hydroxylation is 1. The molecule has 1 aliphatic carbocycles. The number of rotatable bonds is 8. The Hall–Kier alpha value is -4.50. The molecule has 2 aromatic carbocycles. The van der Waals surface area contributed by atoms with Crippen molar-refractivity contribution in [3.63, 3.8) is 0 Å². The van der Waals surface area contributed by atoms with Crippen molar-refractivity contribution in [2.24, 2.45) is 0 Å². The number of benzene rings is 2. The summed E-state index contributed by atoms with van der Waals surface area (Å²) in [6.07, 6.45) is 3.39. The van der Waals surface area contributed by atoms with E-state index in [-0.39, 0.29) is 34.8 Å². The molecular weight excluding hydrogens is 581 g/mol. The van der Waals surface area contributed by atoms with Gasteiger partial charge in [-0.15, -0.1) is 0 Å². The summed E-state index contributed by atoms with van der Waals surface area (Å²) in [5, 5.41) is 9.38. The van der Waals surface area contributed by atoms with Crippen LogP contribution in [0.15, 0.2) is 96.2 Å². The van der Waals surface area contributed by atoms with E-state index in [1.54, 1.807) is 30.0 Å². The molecule has 6 rings (SSSR count). The molecule has 43 heavy (non-hydrogen) atoms. The minimum Gasteiger partial charge on any atom is -0.287 e. The first-order chi connectivity index (χ1) is 20.7. The third-order valence-corrected chi connectivity index (χ3v) is 10.0. The van der Waals surface area contributed by atoms with Gasteiger partial charge < -0.3 is 0 Å². The third-order valence-electron chi connectivity index (χ3n) is 7.97. The molecule has 0 N–H and O–H groups in total. The summed E-state index contributed by atoms with van der Waals surface area (Å²) in [6, 6.07) is 27.4. The van der Waals surface area contributed by atoms with Gasteiger partial charge in [0.2, 0.25) is 0 Å². The van der Waals surface area contributed by atoms with Gasteiger partial charge in [0.05, 0.1) is 11.9 Å². The van der Waals surface area contributed by atoms with Crippen molar-refractivity contribution < 1.29 is 13.2 Å². The third kappa shape index (κ3) is 5.07. The summed E-state index contributed by atoms with van der Waals surface area (Å²) < 4.78 is 29.8. The largest absolute Gasteiger partial charge is 0.287 e. The molecule has 2 aromatic heterocycles. The number of aromatic nitrogens is 2. The first-order valence-electron chi connectivity index (χ1n) is 13.9. The Bertz CT molecular complexity index is 1810. The van der Waals surface area contributed by atoms with Crippen LogP contribution in [0.2, 0.25) is 0 Å². The van der Waals surface area contributed by atoms with Crippen LogP contribution in [0.5, 0.6) is 0 Å². The highest BCUT2D eigenvalue weighted by Gasteiger charge is 2.60. The zero-order valence-corrected chi connectivity index (χ0v) is 25.1. The molecule has 216 valence electrons. The molecule has 1 spiro atoms. The lowest BCUT2D eigenvalue weighted by atomic mass is 9.75. The summed E-state index contributed by atoms with van der Waals surface area (Å²) in [5.41, 5.74) is 2.09. The molecule has 0 unspecified atom stereocenters. The van der Waals surface area contributed by atoms with Gasteiger partial charge in [-0.25, -0.2) is 18.4 Å². The van der Waals surface area contributed by atoms with E-state index in [1.807, 2.05) is 66.7 Å². The van der Waals surface area contributed by atoms with E-state index < -0.39 is 15.6 Å². The summed E-state index contributed by atoms with van der Waals surface area (Å²) in [6.45, 7) is 2.07. The quantitative estimate of drug-likeness (QED) is 0.254. The molecule has 0 atom stereocenters. The van der Waals surface area contributed by atoms with Crippen molar-refractivity contribution in [3.05, 3.63) is 114 Å². The number of carbonyl (C=O) groups excluding carboxylic acids is 1. The highest BCUT2D eigenvalue weighted by Crippen LogP contribution is 2.47. The molecule has 1 aliphatic heterocycles. The molecule has 0 radical (unpaired) electrons. The first-order valence-corrected chi connectivity index (χ1v) is 15.7. The van der Waals surface area contributed by atoms with Gasteiger partial charge in [0.25, 0.3) is 15.9 Å². The number of amides is 1. The minimum absolute atomic E-state index is 0.129. The van der Waals surface area contributed by atoms with E-state index in [0.717, 1.165) is 17.5 Å². The molecule has 1 amide bonds. The van der Waals surface area contributed by atoms with Crippen LogP contribution < -0.4 is 9.80 Å². The fourth-order valence-electron chi connectivity index (χ4n) is 5.57. The van der Waals surface area contributed by atoms with Crippen LogP contribution in [0.4, 0.5) is 11.5 Å². The van der Waals surface area contributed by atoms with Crippen molar-refractivity contribution >= 4 is 44.8 Å². The van der Waals surface area contributed by atoms with Gasteiger partial charge in [0.1, 0.15) is 23.1 Å². The highest BCUT2D eigenvalue weighted by atomic mass is 32.2. The van der Waals surface area contributed by atoms with Crippen LogP contribution in [-0.4, -0.2) is 39.2 Å². The highest BCUT2D eigenvalue weighted by molar-refractivity contribution is 7.89. The molecule has 9 nitrogen and oxygen atoms in total. The Morgan fingerprint density at radius 1 is 0.977 bits per heavy atom. The van der Waals surface area contributed by atoms with Crippen molar-refractivity contribution in [1.82, 2.24) is 14.3 Å². The number of hydrogen-bond donors (Lipinski definition) is 0. The van der Waals surface area contributed by atoms with E-state index in [9.17, 15) is 18.5 Å². The number of pyridine rings is 2. The van der Waals surface area contributed by atoms with Crippen molar-refractivity contribution in [3.8, 4) is 6.07 Å². The zero-order chi connectivity index (χ0) is 30.2. The molecular formula is C32H28N6O3S2. The predicted octanol–water partition coefficient (Wildman–Crippen LogP) is 5.11. The SMILES string of the molecule is Cc1cc(N2C(=O)C3(CCC3)N(c3cccc(S(=O)(=O)N(Cc4ccccc4)Cc4ccccc4)n3)C2=S)cnc1C#N. The Labute approximate surface area is 256 Å².